The highest BCUT2D eigenvalue weighted by Gasteiger charge is 2.38. The van der Waals surface area contributed by atoms with Gasteiger partial charge in [-0.3, -0.25) is 0 Å². The van der Waals surface area contributed by atoms with Crippen LogP contribution in [0.2, 0.25) is 24.7 Å². The van der Waals surface area contributed by atoms with Crippen LogP contribution in [0, 0.1) is 11.3 Å². The molecule has 0 spiro atoms. The molecule has 10 heavy (non-hydrogen) atoms. The van der Waals surface area contributed by atoms with Crippen molar-refractivity contribution in [2.75, 3.05) is 0 Å². The lowest BCUT2D eigenvalue weighted by atomic mass is 10.6. The van der Waals surface area contributed by atoms with Gasteiger partial charge in [0.25, 0.3) is 0 Å². The summed E-state index contributed by atoms with van der Waals surface area (Å²) in [6.07, 6.45) is 3.69. The summed E-state index contributed by atoms with van der Waals surface area (Å²) in [4.78, 5) is 0. The van der Waals surface area contributed by atoms with Crippen molar-refractivity contribution < 1.29 is 0 Å². The minimum absolute atomic E-state index is 0.787. The molecule has 0 heterocycles. The van der Waals surface area contributed by atoms with Crippen molar-refractivity contribution in [3.8, 4) is 6.07 Å². The van der Waals surface area contributed by atoms with Gasteiger partial charge in [0, 0.05) is 6.42 Å². The van der Waals surface area contributed by atoms with Gasteiger partial charge in [-0.25, -0.2) is 0 Å². The van der Waals surface area contributed by atoms with E-state index in [0.29, 0.717) is 0 Å². The van der Waals surface area contributed by atoms with E-state index >= 15 is 0 Å². The van der Waals surface area contributed by atoms with Gasteiger partial charge in [0.2, 0.25) is 0 Å². The van der Waals surface area contributed by atoms with Crippen LogP contribution in [-0.2, 0) is 0 Å². The van der Waals surface area contributed by atoms with Crippen molar-refractivity contribution in [1.29, 1.82) is 5.26 Å². The highest BCUT2D eigenvalue weighted by atomic mass is 28.3. The van der Waals surface area contributed by atoms with E-state index in [1.54, 1.807) is 0 Å². The normalized spacial score (nSPS) is 18.5. The smallest absolute Gasteiger partial charge is 0.0618 e. The Morgan fingerprint density at radius 2 is 2.10 bits per heavy atom. The van der Waals surface area contributed by atoms with Crippen LogP contribution in [0.5, 0.6) is 0 Å². The SMILES string of the molecule is C[Si](C)(CCC#N)C1CC1. The van der Waals surface area contributed by atoms with Gasteiger partial charge < -0.3 is 0 Å². The maximum Gasteiger partial charge on any atom is 0.0618 e. The van der Waals surface area contributed by atoms with Gasteiger partial charge in [0.05, 0.1) is 14.1 Å². The zero-order chi connectivity index (χ0) is 7.61. The summed E-state index contributed by atoms with van der Waals surface area (Å²) >= 11 is 0. The predicted molar refractivity (Wildman–Crippen MR) is 45.5 cm³/mol. The molecule has 0 saturated heterocycles. The van der Waals surface area contributed by atoms with Crippen LogP contribution in [0.3, 0.4) is 0 Å². The molecule has 1 aliphatic rings. The molecule has 0 atom stereocenters. The maximum atomic E-state index is 8.40. The molecule has 0 aromatic heterocycles. The zero-order valence-corrected chi connectivity index (χ0v) is 7.85. The average Bonchev–Trinajstić information content (AvgIpc) is 2.64. The molecule has 56 valence electrons. The molecule has 0 aromatic carbocycles. The van der Waals surface area contributed by atoms with E-state index in [4.69, 9.17) is 5.26 Å². The van der Waals surface area contributed by atoms with E-state index in [-0.39, 0.29) is 0 Å². The second kappa shape index (κ2) is 2.75. The standard InChI is InChI=1S/C8H15NSi/c1-10(2,7-3-6-9)8-4-5-8/h8H,3-5,7H2,1-2H3. The maximum absolute atomic E-state index is 8.40. The first kappa shape index (κ1) is 7.81. The van der Waals surface area contributed by atoms with Crippen LogP contribution in [0.1, 0.15) is 19.3 Å². The van der Waals surface area contributed by atoms with Gasteiger partial charge in [-0.1, -0.05) is 25.9 Å². The first-order valence-corrected chi connectivity index (χ1v) is 7.32. The Hall–Kier alpha value is -0.293. The summed E-state index contributed by atoms with van der Waals surface area (Å²) < 4.78 is 0. The summed E-state index contributed by atoms with van der Waals surface area (Å²) in [6, 6.07) is 3.46. The molecule has 0 aliphatic heterocycles. The molecule has 0 unspecified atom stereocenters. The van der Waals surface area contributed by atoms with E-state index in [2.05, 4.69) is 19.2 Å². The highest BCUT2D eigenvalue weighted by Crippen LogP contribution is 2.47. The third-order valence-electron chi connectivity index (χ3n) is 2.56. The predicted octanol–water partition coefficient (Wildman–Crippen LogP) is 2.77. The number of nitriles is 1. The van der Waals surface area contributed by atoms with E-state index in [0.717, 1.165) is 12.0 Å². The Labute approximate surface area is 64.1 Å². The third kappa shape index (κ3) is 1.85. The quantitative estimate of drug-likeness (QED) is 0.572. The number of rotatable bonds is 3. The van der Waals surface area contributed by atoms with Crippen LogP contribution in [0.4, 0.5) is 0 Å². The Kier molecular flexibility index (Phi) is 2.15. The monoisotopic (exact) mass is 153 g/mol. The lowest BCUT2D eigenvalue weighted by Crippen LogP contribution is -2.24. The van der Waals surface area contributed by atoms with Crippen LogP contribution in [-0.4, -0.2) is 8.07 Å². The Morgan fingerprint density at radius 3 is 2.50 bits per heavy atom. The third-order valence-corrected chi connectivity index (χ3v) is 6.89. The van der Waals surface area contributed by atoms with Crippen molar-refractivity contribution in [2.24, 2.45) is 0 Å². The minimum atomic E-state index is -0.913. The molecule has 0 amide bonds. The summed E-state index contributed by atoms with van der Waals surface area (Å²) in [5.74, 6) is 0. The Balaban J connectivity index is 2.29. The van der Waals surface area contributed by atoms with Gasteiger partial charge >= 0.3 is 0 Å². The first-order chi connectivity index (χ1) is 4.67. The highest BCUT2D eigenvalue weighted by molar-refractivity contribution is 6.79. The van der Waals surface area contributed by atoms with Gasteiger partial charge in [-0.05, 0) is 11.6 Å². The molecule has 0 aromatic rings. The Bertz CT molecular complexity index is 153. The molecule has 1 saturated carbocycles. The number of nitrogens with zero attached hydrogens (tertiary/aromatic N) is 1. The van der Waals surface area contributed by atoms with Gasteiger partial charge in [-0.15, -0.1) is 0 Å². The van der Waals surface area contributed by atoms with E-state index < -0.39 is 8.07 Å². The fourth-order valence-corrected chi connectivity index (χ4v) is 4.34. The van der Waals surface area contributed by atoms with Crippen molar-refractivity contribution in [1.82, 2.24) is 0 Å². The molecule has 0 bridgehead atoms. The van der Waals surface area contributed by atoms with E-state index in [9.17, 15) is 0 Å². The lowest BCUT2D eigenvalue weighted by molar-refractivity contribution is 1.12. The van der Waals surface area contributed by atoms with Gasteiger partial charge in [0.1, 0.15) is 0 Å². The van der Waals surface area contributed by atoms with Crippen LogP contribution < -0.4 is 0 Å². The van der Waals surface area contributed by atoms with Crippen LogP contribution >= 0.6 is 0 Å². The number of hydrogen-bond donors (Lipinski definition) is 0. The van der Waals surface area contributed by atoms with Gasteiger partial charge in [0.15, 0.2) is 0 Å². The molecular formula is C8H15NSi. The second-order valence-corrected chi connectivity index (χ2v) is 9.21. The number of hydrogen-bond acceptors (Lipinski definition) is 1. The minimum Gasteiger partial charge on any atom is -0.198 e. The van der Waals surface area contributed by atoms with Crippen LogP contribution in [0.25, 0.3) is 0 Å². The first-order valence-electron chi connectivity index (χ1n) is 4.04. The summed E-state index contributed by atoms with van der Waals surface area (Å²) in [6.45, 7) is 4.84. The topological polar surface area (TPSA) is 23.8 Å². The molecule has 0 N–H and O–H groups in total. The van der Waals surface area contributed by atoms with Crippen LogP contribution in [0.15, 0.2) is 0 Å². The zero-order valence-electron chi connectivity index (χ0n) is 6.85. The summed E-state index contributed by atoms with van der Waals surface area (Å²) in [5.41, 5.74) is 1.06. The van der Waals surface area contributed by atoms with E-state index in [1.165, 1.54) is 18.9 Å². The fourth-order valence-electron chi connectivity index (χ4n) is 1.45. The largest absolute Gasteiger partial charge is 0.198 e. The molecule has 2 heteroatoms. The second-order valence-electron chi connectivity index (χ2n) is 3.92. The van der Waals surface area contributed by atoms with Crippen molar-refractivity contribution in [3.63, 3.8) is 0 Å². The molecular weight excluding hydrogens is 138 g/mol. The molecule has 1 rings (SSSR count). The van der Waals surface area contributed by atoms with Gasteiger partial charge in [-0.2, -0.15) is 5.26 Å². The van der Waals surface area contributed by atoms with Crippen molar-refractivity contribution in [2.45, 2.75) is 43.9 Å². The van der Waals surface area contributed by atoms with Crippen molar-refractivity contribution in [3.05, 3.63) is 0 Å². The average molecular weight is 153 g/mol. The summed E-state index contributed by atoms with van der Waals surface area (Å²) in [7, 11) is -0.913. The molecule has 1 aliphatic carbocycles. The van der Waals surface area contributed by atoms with Crippen molar-refractivity contribution >= 4 is 8.07 Å². The lowest BCUT2D eigenvalue weighted by Gasteiger charge is -2.19. The molecule has 0 radical (unpaired) electrons. The van der Waals surface area contributed by atoms with E-state index in [1.807, 2.05) is 0 Å². The molecule has 1 nitrogen and oxygen atoms in total. The Morgan fingerprint density at radius 1 is 1.50 bits per heavy atom. The fraction of sp³-hybridized carbons (Fsp3) is 0.875. The summed E-state index contributed by atoms with van der Waals surface area (Å²) in [5, 5.41) is 8.40. The molecule has 1 fully saturated rings.